The van der Waals surface area contributed by atoms with Crippen LogP contribution in [0.1, 0.15) is 5.56 Å². The topological polar surface area (TPSA) is 0 Å². The van der Waals surface area contributed by atoms with Crippen LogP contribution in [-0.4, -0.2) is 0 Å². The number of thiophene rings is 1. The van der Waals surface area contributed by atoms with Crippen molar-refractivity contribution in [1.82, 2.24) is 0 Å². The van der Waals surface area contributed by atoms with Gasteiger partial charge in [0.05, 0.1) is 5.56 Å². The average molecular weight is 404 g/mol. The van der Waals surface area contributed by atoms with Crippen molar-refractivity contribution < 1.29 is 13.2 Å². The maximum atomic E-state index is 12.7. The zero-order valence-corrected chi connectivity index (χ0v) is 16.0. The Balaban J connectivity index is 1.49. The molecule has 1 heterocycles. The van der Waals surface area contributed by atoms with Crippen LogP contribution in [0.4, 0.5) is 13.2 Å². The van der Waals surface area contributed by atoms with Gasteiger partial charge in [-0.3, -0.25) is 0 Å². The van der Waals surface area contributed by atoms with Crippen molar-refractivity contribution in [3.05, 3.63) is 96.6 Å². The fraction of sp³-hybridized carbons (Fsp3) is 0.0400. The Hall–Kier alpha value is -3.11. The van der Waals surface area contributed by atoms with Gasteiger partial charge in [-0.25, -0.2) is 0 Å². The molecular formula is C25H15F3S. The van der Waals surface area contributed by atoms with Crippen LogP contribution < -0.4 is 0 Å². The first-order valence-electron chi connectivity index (χ1n) is 9.18. The molecule has 4 heteroatoms. The summed E-state index contributed by atoms with van der Waals surface area (Å²) in [5.74, 6) is 0. The zero-order chi connectivity index (χ0) is 20.0. The summed E-state index contributed by atoms with van der Waals surface area (Å²) in [4.78, 5) is 0. The van der Waals surface area contributed by atoms with Crippen molar-refractivity contribution >= 4 is 31.5 Å². The largest absolute Gasteiger partial charge is 0.416 e. The summed E-state index contributed by atoms with van der Waals surface area (Å²) in [5, 5.41) is 2.51. The summed E-state index contributed by atoms with van der Waals surface area (Å²) in [6.45, 7) is 0. The summed E-state index contributed by atoms with van der Waals surface area (Å²) < 4.78 is 40.8. The summed E-state index contributed by atoms with van der Waals surface area (Å²) in [6.07, 6.45) is -4.31. The van der Waals surface area contributed by atoms with E-state index in [2.05, 4.69) is 42.5 Å². The summed E-state index contributed by atoms with van der Waals surface area (Å²) >= 11 is 1.79. The maximum absolute atomic E-state index is 12.7. The lowest BCUT2D eigenvalue weighted by molar-refractivity contribution is -0.137. The van der Waals surface area contributed by atoms with Crippen LogP contribution >= 0.6 is 11.3 Å². The first-order valence-corrected chi connectivity index (χ1v) is 10.00. The summed E-state index contributed by atoms with van der Waals surface area (Å²) in [5.41, 5.74) is 3.24. The minimum atomic E-state index is -4.31. The number of benzene rings is 4. The van der Waals surface area contributed by atoms with Crippen LogP contribution in [-0.2, 0) is 6.18 Å². The Morgan fingerprint density at radius 2 is 1.03 bits per heavy atom. The number of fused-ring (bicyclic) bond motifs is 3. The van der Waals surface area contributed by atoms with Gasteiger partial charge in [0.2, 0.25) is 0 Å². The third-order valence-corrected chi connectivity index (χ3v) is 6.29. The maximum Gasteiger partial charge on any atom is 0.416 e. The van der Waals surface area contributed by atoms with Crippen molar-refractivity contribution in [2.45, 2.75) is 6.18 Å². The van der Waals surface area contributed by atoms with Crippen LogP contribution in [0.25, 0.3) is 42.4 Å². The van der Waals surface area contributed by atoms with Crippen molar-refractivity contribution in [3.63, 3.8) is 0 Å². The lowest BCUT2D eigenvalue weighted by atomic mass is 9.98. The molecule has 29 heavy (non-hydrogen) atoms. The predicted molar refractivity (Wildman–Crippen MR) is 115 cm³/mol. The molecule has 0 spiro atoms. The average Bonchev–Trinajstić information content (AvgIpc) is 3.11. The van der Waals surface area contributed by atoms with Gasteiger partial charge in [-0.2, -0.15) is 13.2 Å². The molecule has 0 aliphatic rings. The lowest BCUT2D eigenvalue weighted by Gasteiger charge is -2.09. The molecule has 0 fully saturated rings. The van der Waals surface area contributed by atoms with Gasteiger partial charge < -0.3 is 0 Å². The van der Waals surface area contributed by atoms with Gasteiger partial charge in [0.1, 0.15) is 0 Å². The van der Waals surface area contributed by atoms with Gasteiger partial charge in [-0.1, -0.05) is 60.7 Å². The minimum Gasteiger partial charge on any atom is -0.166 e. The Morgan fingerprint density at radius 1 is 0.517 bits per heavy atom. The Bertz CT molecular complexity index is 1310. The Labute approximate surface area is 169 Å². The fourth-order valence-electron chi connectivity index (χ4n) is 3.61. The number of halogens is 3. The fourth-order valence-corrected chi connectivity index (χ4v) is 4.70. The molecule has 4 aromatic carbocycles. The molecule has 0 atom stereocenters. The standard InChI is InChI=1S/C25H15F3S/c26-25(27,28)20-12-9-17(10-13-20)16-5-7-18(8-6-16)19-11-14-24-22(15-19)21-3-1-2-4-23(21)29-24/h1-15H. The van der Waals surface area contributed by atoms with Gasteiger partial charge in [-0.15, -0.1) is 11.3 Å². The number of hydrogen-bond acceptors (Lipinski definition) is 1. The Kier molecular flexibility index (Phi) is 4.18. The Morgan fingerprint density at radius 3 is 1.69 bits per heavy atom. The van der Waals surface area contributed by atoms with E-state index >= 15 is 0 Å². The molecule has 5 aromatic rings. The van der Waals surface area contributed by atoms with Crippen LogP contribution in [0.5, 0.6) is 0 Å². The first-order chi connectivity index (χ1) is 14.0. The second-order valence-corrected chi connectivity index (χ2v) is 8.05. The van der Waals surface area contributed by atoms with Crippen LogP contribution in [0.2, 0.25) is 0 Å². The van der Waals surface area contributed by atoms with Crippen LogP contribution in [0.3, 0.4) is 0 Å². The molecule has 1 aromatic heterocycles. The van der Waals surface area contributed by atoms with Crippen molar-refractivity contribution in [2.24, 2.45) is 0 Å². The van der Waals surface area contributed by atoms with E-state index in [0.717, 1.165) is 34.4 Å². The molecule has 0 unspecified atom stereocenters. The van der Waals surface area contributed by atoms with Crippen molar-refractivity contribution in [2.75, 3.05) is 0 Å². The molecule has 0 aliphatic carbocycles. The quantitative estimate of drug-likeness (QED) is 0.277. The van der Waals surface area contributed by atoms with Gasteiger partial charge in [0, 0.05) is 20.2 Å². The molecule has 0 amide bonds. The number of rotatable bonds is 2. The monoisotopic (exact) mass is 404 g/mol. The molecular weight excluding hydrogens is 389 g/mol. The van der Waals surface area contributed by atoms with Gasteiger partial charge in [0.25, 0.3) is 0 Å². The third kappa shape index (κ3) is 3.30. The van der Waals surface area contributed by atoms with E-state index in [-0.39, 0.29) is 0 Å². The van der Waals surface area contributed by atoms with E-state index in [1.54, 1.807) is 11.3 Å². The highest BCUT2D eigenvalue weighted by atomic mass is 32.1. The van der Waals surface area contributed by atoms with Crippen LogP contribution in [0, 0.1) is 0 Å². The predicted octanol–water partition coefficient (Wildman–Crippen LogP) is 8.41. The number of hydrogen-bond donors (Lipinski definition) is 0. The summed E-state index contributed by atoms with van der Waals surface area (Å²) in [6, 6.07) is 28.1. The molecule has 0 nitrogen and oxygen atoms in total. The third-order valence-electron chi connectivity index (χ3n) is 5.14. The number of alkyl halides is 3. The molecule has 0 bridgehead atoms. The second kappa shape index (κ2) is 6.75. The highest BCUT2D eigenvalue weighted by Crippen LogP contribution is 2.37. The van der Waals surface area contributed by atoms with E-state index in [9.17, 15) is 13.2 Å². The molecule has 0 saturated carbocycles. The zero-order valence-electron chi connectivity index (χ0n) is 15.2. The molecule has 142 valence electrons. The normalized spacial score (nSPS) is 12.0. The van der Waals surface area contributed by atoms with Crippen LogP contribution in [0.15, 0.2) is 91.0 Å². The van der Waals surface area contributed by atoms with Gasteiger partial charge >= 0.3 is 6.18 Å². The summed E-state index contributed by atoms with van der Waals surface area (Å²) in [7, 11) is 0. The molecule has 0 radical (unpaired) electrons. The van der Waals surface area contributed by atoms with Crippen molar-refractivity contribution in [1.29, 1.82) is 0 Å². The van der Waals surface area contributed by atoms with E-state index in [0.29, 0.717) is 0 Å². The van der Waals surface area contributed by atoms with E-state index in [1.165, 1.54) is 32.3 Å². The first kappa shape index (κ1) is 18.0. The molecule has 0 aliphatic heterocycles. The highest BCUT2D eigenvalue weighted by Gasteiger charge is 2.29. The SMILES string of the molecule is FC(F)(F)c1ccc(-c2ccc(-c3ccc4sc5ccccc5c4c3)cc2)cc1. The van der Waals surface area contributed by atoms with Gasteiger partial charge in [0.15, 0.2) is 0 Å². The second-order valence-electron chi connectivity index (χ2n) is 6.96. The molecule has 5 rings (SSSR count). The molecule has 0 N–H and O–H groups in total. The highest BCUT2D eigenvalue weighted by molar-refractivity contribution is 7.25. The van der Waals surface area contributed by atoms with E-state index in [4.69, 9.17) is 0 Å². The van der Waals surface area contributed by atoms with E-state index in [1.807, 2.05) is 24.3 Å². The smallest absolute Gasteiger partial charge is 0.166 e. The van der Waals surface area contributed by atoms with Gasteiger partial charge in [-0.05, 0) is 52.6 Å². The molecule has 0 saturated heterocycles. The van der Waals surface area contributed by atoms with E-state index < -0.39 is 11.7 Å². The lowest BCUT2D eigenvalue weighted by Crippen LogP contribution is -2.03. The minimum absolute atomic E-state index is 0.630. The van der Waals surface area contributed by atoms with Crippen molar-refractivity contribution in [3.8, 4) is 22.3 Å².